The lowest BCUT2D eigenvalue weighted by Gasteiger charge is -2.30. The Hall–Kier alpha value is -1.58. The zero-order valence-corrected chi connectivity index (χ0v) is 11.7. The zero-order valence-electron chi connectivity index (χ0n) is 11.7. The highest BCUT2D eigenvalue weighted by Crippen LogP contribution is 2.34. The van der Waals surface area contributed by atoms with Gasteiger partial charge in [0.25, 0.3) is 0 Å². The lowest BCUT2D eigenvalue weighted by atomic mass is 10.1. The van der Waals surface area contributed by atoms with Crippen LogP contribution in [0.3, 0.4) is 0 Å². The number of amidine groups is 1. The van der Waals surface area contributed by atoms with Gasteiger partial charge in [0.15, 0.2) is 18.6 Å². The van der Waals surface area contributed by atoms with Gasteiger partial charge in [-0.15, -0.1) is 0 Å². The number of halogens is 1. The molecule has 1 saturated heterocycles. The largest absolute Gasteiger partial charge is 0.387 e. The minimum Gasteiger partial charge on any atom is -0.387 e. The molecule has 0 bridgehead atoms. The number of aliphatic imine (C=N–C) groups is 2. The van der Waals surface area contributed by atoms with E-state index in [9.17, 15) is 9.50 Å². The Morgan fingerprint density at radius 2 is 2.33 bits per heavy atom. The van der Waals surface area contributed by atoms with Crippen molar-refractivity contribution in [1.82, 2.24) is 5.01 Å². The standard InChI is InChI=1S/C12H18FN5O3/c1-5(20-2)9-8(19)7(13)12(21-9)18-11-6(3-17-18)10(14)15-4-16-11/h3-9,11-12,19H,1-2H3,(H2,14,15,16)/t5?,6?,7-,8+,9-,11?,12-/m1/s1. The first kappa shape index (κ1) is 14.4. The summed E-state index contributed by atoms with van der Waals surface area (Å²) < 4.78 is 25.1. The van der Waals surface area contributed by atoms with Crippen molar-refractivity contribution in [2.45, 2.75) is 43.8 Å². The maximum absolute atomic E-state index is 14.4. The summed E-state index contributed by atoms with van der Waals surface area (Å²) >= 11 is 0. The molecule has 21 heavy (non-hydrogen) atoms. The quantitative estimate of drug-likeness (QED) is 0.702. The molecule has 1 fully saturated rings. The van der Waals surface area contributed by atoms with Crippen LogP contribution in [0.15, 0.2) is 15.1 Å². The Morgan fingerprint density at radius 1 is 1.57 bits per heavy atom. The van der Waals surface area contributed by atoms with Crippen LogP contribution in [-0.4, -0.2) is 72.5 Å². The van der Waals surface area contributed by atoms with Gasteiger partial charge in [0.1, 0.15) is 24.4 Å². The van der Waals surface area contributed by atoms with Crippen molar-refractivity contribution in [3.63, 3.8) is 0 Å². The minimum absolute atomic E-state index is 0.304. The summed E-state index contributed by atoms with van der Waals surface area (Å²) in [5, 5.41) is 15.5. The van der Waals surface area contributed by atoms with E-state index < -0.39 is 36.9 Å². The van der Waals surface area contributed by atoms with E-state index in [0.717, 1.165) is 0 Å². The van der Waals surface area contributed by atoms with Gasteiger partial charge < -0.3 is 20.3 Å². The monoisotopic (exact) mass is 299 g/mol. The second kappa shape index (κ2) is 5.32. The predicted octanol–water partition coefficient (Wildman–Crippen LogP) is -0.912. The molecular formula is C12H18FN5O3. The van der Waals surface area contributed by atoms with Crippen LogP contribution in [0.4, 0.5) is 4.39 Å². The average molecular weight is 299 g/mol. The first-order valence-electron chi connectivity index (χ1n) is 6.72. The van der Waals surface area contributed by atoms with Crippen LogP contribution >= 0.6 is 0 Å². The molecule has 0 spiro atoms. The van der Waals surface area contributed by atoms with Crippen LogP contribution < -0.4 is 5.73 Å². The molecular weight excluding hydrogens is 281 g/mol. The Morgan fingerprint density at radius 3 is 3.05 bits per heavy atom. The Labute approximate surface area is 121 Å². The SMILES string of the molecule is COC(C)[C@H]1O[C@@H](N2N=CC3C(N)=NC=NC32)[C@H](F)[C@@H]1O. The summed E-state index contributed by atoms with van der Waals surface area (Å²) in [6.07, 6.45) is -2.72. The van der Waals surface area contributed by atoms with Gasteiger partial charge in [-0.05, 0) is 6.92 Å². The van der Waals surface area contributed by atoms with Crippen molar-refractivity contribution in [2.24, 2.45) is 26.7 Å². The number of methoxy groups -OCH3 is 1. The molecule has 3 N–H and O–H groups in total. The first-order chi connectivity index (χ1) is 10.0. The highest BCUT2D eigenvalue weighted by atomic mass is 19.1. The summed E-state index contributed by atoms with van der Waals surface area (Å²) in [5.41, 5.74) is 5.78. The Bertz CT molecular complexity index is 499. The predicted molar refractivity (Wildman–Crippen MR) is 73.8 cm³/mol. The zero-order chi connectivity index (χ0) is 15.1. The normalized spacial score (nSPS) is 43.0. The molecule has 0 aromatic heterocycles. The number of alkyl halides is 1. The molecule has 3 rings (SSSR count). The number of ether oxygens (including phenoxy) is 2. The number of hydrogen-bond donors (Lipinski definition) is 2. The van der Waals surface area contributed by atoms with Crippen LogP contribution in [0.25, 0.3) is 0 Å². The maximum atomic E-state index is 14.4. The van der Waals surface area contributed by atoms with Crippen LogP contribution in [-0.2, 0) is 9.47 Å². The molecule has 0 amide bonds. The summed E-state index contributed by atoms with van der Waals surface area (Å²) in [4.78, 5) is 8.07. The number of hydrazone groups is 1. The van der Waals surface area contributed by atoms with E-state index in [2.05, 4.69) is 15.1 Å². The molecule has 0 aromatic carbocycles. The van der Waals surface area contributed by atoms with E-state index in [-0.39, 0.29) is 5.92 Å². The summed E-state index contributed by atoms with van der Waals surface area (Å²) in [6, 6.07) is 0. The maximum Gasteiger partial charge on any atom is 0.182 e. The fourth-order valence-corrected chi connectivity index (χ4v) is 2.72. The molecule has 0 saturated carbocycles. The van der Waals surface area contributed by atoms with Gasteiger partial charge >= 0.3 is 0 Å². The Kier molecular flexibility index (Phi) is 3.64. The van der Waals surface area contributed by atoms with Gasteiger partial charge in [0.2, 0.25) is 0 Å². The molecule has 0 aromatic rings. The smallest absolute Gasteiger partial charge is 0.182 e. The molecule has 0 radical (unpaired) electrons. The molecule has 8 nitrogen and oxygen atoms in total. The van der Waals surface area contributed by atoms with Gasteiger partial charge in [-0.25, -0.2) is 19.4 Å². The van der Waals surface area contributed by atoms with E-state index in [1.807, 2.05) is 0 Å². The third-order valence-corrected chi connectivity index (χ3v) is 4.05. The number of aliphatic hydroxyl groups is 1. The highest BCUT2D eigenvalue weighted by molar-refractivity contribution is 6.02. The molecule has 3 aliphatic rings. The molecule has 3 heterocycles. The molecule has 116 valence electrons. The molecule has 3 unspecified atom stereocenters. The van der Waals surface area contributed by atoms with Crippen molar-refractivity contribution >= 4 is 18.4 Å². The number of aliphatic hydroxyl groups excluding tert-OH is 1. The van der Waals surface area contributed by atoms with E-state index in [1.54, 1.807) is 13.1 Å². The molecule has 9 heteroatoms. The summed E-state index contributed by atoms with van der Waals surface area (Å²) in [7, 11) is 1.48. The van der Waals surface area contributed by atoms with Gasteiger partial charge in [0, 0.05) is 13.3 Å². The first-order valence-corrected chi connectivity index (χ1v) is 6.72. The number of hydrogen-bond acceptors (Lipinski definition) is 8. The van der Waals surface area contributed by atoms with E-state index >= 15 is 0 Å². The second-order valence-corrected chi connectivity index (χ2v) is 5.27. The number of nitrogens with two attached hydrogens (primary N) is 1. The van der Waals surface area contributed by atoms with Crippen molar-refractivity contribution in [1.29, 1.82) is 0 Å². The minimum atomic E-state index is -1.61. The van der Waals surface area contributed by atoms with Gasteiger partial charge in [-0.1, -0.05) is 0 Å². The topological polar surface area (TPSA) is 105 Å². The van der Waals surface area contributed by atoms with Crippen LogP contribution in [0.1, 0.15) is 6.92 Å². The number of rotatable bonds is 3. The van der Waals surface area contributed by atoms with Gasteiger partial charge in [-0.3, -0.25) is 0 Å². The number of nitrogens with zero attached hydrogens (tertiary/aromatic N) is 4. The van der Waals surface area contributed by atoms with Gasteiger partial charge in [0.05, 0.1) is 12.0 Å². The lowest BCUT2D eigenvalue weighted by molar-refractivity contribution is -0.121. The number of fused-ring (bicyclic) bond motifs is 1. The Balaban J connectivity index is 1.78. The second-order valence-electron chi connectivity index (χ2n) is 5.27. The lowest BCUT2D eigenvalue weighted by Crippen LogP contribution is -2.47. The third-order valence-electron chi connectivity index (χ3n) is 4.05. The molecule has 0 aliphatic carbocycles. The van der Waals surface area contributed by atoms with E-state index in [1.165, 1.54) is 18.5 Å². The van der Waals surface area contributed by atoms with Crippen molar-refractivity contribution < 1.29 is 19.0 Å². The van der Waals surface area contributed by atoms with E-state index in [0.29, 0.717) is 5.84 Å². The average Bonchev–Trinajstić information content (AvgIpc) is 3.02. The molecule has 7 atom stereocenters. The van der Waals surface area contributed by atoms with E-state index in [4.69, 9.17) is 15.2 Å². The van der Waals surface area contributed by atoms with Gasteiger partial charge in [-0.2, -0.15) is 5.10 Å². The van der Waals surface area contributed by atoms with Crippen LogP contribution in [0.2, 0.25) is 0 Å². The highest BCUT2D eigenvalue weighted by Gasteiger charge is 2.52. The summed E-state index contributed by atoms with van der Waals surface area (Å²) in [5.74, 6) is 0.0684. The molecule has 3 aliphatic heterocycles. The van der Waals surface area contributed by atoms with Crippen LogP contribution in [0.5, 0.6) is 0 Å². The third kappa shape index (κ3) is 2.21. The fraction of sp³-hybridized carbons (Fsp3) is 0.750. The van der Waals surface area contributed by atoms with Crippen LogP contribution in [0, 0.1) is 5.92 Å². The summed E-state index contributed by atoms with van der Waals surface area (Å²) in [6.45, 7) is 1.71. The van der Waals surface area contributed by atoms with Crippen molar-refractivity contribution in [3.8, 4) is 0 Å². The van der Waals surface area contributed by atoms with Crippen molar-refractivity contribution in [2.75, 3.05) is 7.11 Å². The van der Waals surface area contributed by atoms with Crippen molar-refractivity contribution in [3.05, 3.63) is 0 Å². The fourth-order valence-electron chi connectivity index (χ4n) is 2.72.